The molecule has 14 heavy (non-hydrogen) atoms. The number of carbonyl (C=O) groups excluding carboxylic acids is 1. The van der Waals surface area contributed by atoms with Crippen LogP contribution in [-0.2, 0) is 9.53 Å². The summed E-state index contributed by atoms with van der Waals surface area (Å²) in [5, 5.41) is 12.4. The van der Waals surface area contributed by atoms with Crippen LogP contribution in [0, 0.1) is 17.2 Å². The first-order valence-corrected chi connectivity index (χ1v) is 4.84. The smallest absolute Gasteiger partial charge is 0.238 e. The molecule has 0 spiro atoms. The fourth-order valence-corrected chi connectivity index (χ4v) is 1.85. The normalized spacial score (nSPS) is 29.2. The van der Waals surface area contributed by atoms with E-state index in [1.165, 1.54) is 0 Å². The number of hydrogen-bond donors (Lipinski definition) is 0. The number of morpholine rings is 1. The van der Waals surface area contributed by atoms with E-state index in [4.69, 9.17) is 10.00 Å². The second-order valence-electron chi connectivity index (χ2n) is 3.57. The van der Waals surface area contributed by atoms with Crippen LogP contribution in [0.1, 0.15) is 6.42 Å². The minimum atomic E-state index is -0.134. The third-order valence-electron chi connectivity index (χ3n) is 2.61. The highest BCUT2D eigenvalue weighted by molar-refractivity contribution is 5.78. The fourth-order valence-electron chi connectivity index (χ4n) is 1.85. The molecule has 1 unspecified atom stereocenters. The molecule has 2 aliphatic heterocycles. The van der Waals surface area contributed by atoms with Gasteiger partial charge in [-0.3, -0.25) is 9.80 Å². The van der Waals surface area contributed by atoms with Crippen LogP contribution >= 0.6 is 0 Å². The van der Waals surface area contributed by atoms with Gasteiger partial charge in [0.15, 0.2) is 0 Å². The zero-order chi connectivity index (χ0) is 9.97. The Balaban J connectivity index is 1.97. The maximum Gasteiger partial charge on any atom is 0.238 e. The lowest BCUT2D eigenvalue weighted by Gasteiger charge is -2.34. The average Bonchev–Trinajstić information content (AvgIpc) is 2.61. The van der Waals surface area contributed by atoms with E-state index in [9.17, 15) is 4.79 Å². The van der Waals surface area contributed by atoms with E-state index >= 15 is 0 Å². The van der Waals surface area contributed by atoms with Crippen molar-refractivity contribution in [2.75, 3.05) is 32.8 Å². The molecule has 1 atom stereocenters. The molecule has 2 fully saturated rings. The highest BCUT2D eigenvalue weighted by Crippen LogP contribution is 2.19. The third kappa shape index (κ3) is 1.72. The Labute approximate surface area is 82.8 Å². The third-order valence-corrected chi connectivity index (χ3v) is 2.61. The zero-order valence-electron chi connectivity index (χ0n) is 7.98. The second-order valence-corrected chi connectivity index (χ2v) is 3.57. The molecule has 0 radical (unpaired) electrons. The Hall–Kier alpha value is -1.12. The van der Waals surface area contributed by atoms with Crippen molar-refractivity contribution in [3.05, 3.63) is 0 Å². The van der Waals surface area contributed by atoms with Crippen molar-refractivity contribution in [1.82, 2.24) is 10.0 Å². The summed E-state index contributed by atoms with van der Waals surface area (Å²) in [6, 6.07) is 2.14. The minimum absolute atomic E-state index is 0.0680. The summed E-state index contributed by atoms with van der Waals surface area (Å²) in [5.74, 6) is -0.0659. The average molecular weight is 195 g/mol. The number of rotatable bonds is 1. The van der Waals surface area contributed by atoms with Gasteiger partial charge in [0.1, 0.15) is 0 Å². The lowest BCUT2D eigenvalue weighted by molar-refractivity contribution is -0.150. The van der Waals surface area contributed by atoms with Gasteiger partial charge >= 0.3 is 0 Å². The molecule has 5 nitrogen and oxygen atoms in total. The van der Waals surface area contributed by atoms with Crippen molar-refractivity contribution in [2.24, 2.45) is 5.92 Å². The van der Waals surface area contributed by atoms with Crippen molar-refractivity contribution in [1.29, 1.82) is 5.26 Å². The highest BCUT2D eigenvalue weighted by atomic mass is 16.5. The largest absolute Gasteiger partial charge is 0.379 e. The van der Waals surface area contributed by atoms with Gasteiger partial charge in [-0.25, -0.2) is 5.01 Å². The number of carbonyl (C=O) groups is 1. The van der Waals surface area contributed by atoms with Gasteiger partial charge in [0.25, 0.3) is 0 Å². The van der Waals surface area contributed by atoms with Gasteiger partial charge in [0.05, 0.1) is 31.7 Å². The molecule has 0 aromatic rings. The maximum absolute atomic E-state index is 11.5. The van der Waals surface area contributed by atoms with Crippen LogP contribution in [0.2, 0.25) is 0 Å². The van der Waals surface area contributed by atoms with E-state index in [1.807, 2.05) is 5.01 Å². The SMILES string of the molecule is N#CC1CC(=O)N(N2CCOCC2)C1. The summed E-state index contributed by atoms with van der Waals surface area (Å²) in [6.45, 7) is 3.39. The minimum Gasteiger partial charge on any atom is -0.379 e. The molecular weight excluding hydrogens is 182 g/mol. The molecule has 0 N–H and O–H groups in total. The first-order valence-electron chi connectivity index (χ1n) is 4.84. The van der Waals surface area contributed by atoms with Gasteiger partial charge in [-0.1, -0.05) is 0 Å². The molecule has 0 aromatic carbocycles. The Kier molecular flexibility index (Phi) is 2.66. The van der Waals surface area contributed by atoms with Crippen molar-refractivity contribution in [3.63, 3.8) is 0 Å². The van der Waals surface area contributed by atoms with Gasteiger partial charge in [0.2, 0.25) is 5.91 Å². The molecule has 2 aliphatic rings. The van der Waals surface area contributed by atoms with E-state index in [0.717, 1.165) is 13.1 Å². The summed E-state index contributed by atoms with van der Waals surface area (Å²) in [4.78, 5) is 11.5. The second kappa shape index (κ2) is 3.95. The van der Waals surface area contributed by atoms with E-state index < -0.39 is 0 Å². The molecule has 5 heteroatoms. The number of hydrogen-bond acceptors (Lipinski definition) is 4. The van der Waals surface area contributed by atoms with Crippen molar-refractivity contribution in [3.8, 4) is 6.07 Å². The fraction of sp³-hybridized carbons (Fsp3) is 0.778. The van der Waals surface area contributed by atoms with E-state index in [0.29, 0.717) is 26.2 Å². The first kappa shape index (κ1) is 9.44. The van der Waals surface area contributed by atoms with Gasteiger partial charge in [-0.05, 0) is 0 Å². The van der Waals surface area contributed by atoms with E-state index in [2.05, 4.69) is 6.07 Å². The first-order chi connectivity index (χ1) is 6.81. The molecular formula is C9H13N3O2. The van der Waals surface area contributed by atoms with Crippen LogP contribution in [-0.4, -0.2) is 48.8 Å². The van der Waals surface area contributed by atoms with Crippen molar-refractivity contribution < 1.29 is 9.53 Å². The van der Waals surface area contributed by atoms with Crippen LogP contribution in [0.25, 0.3) is 0 Å². The monoisotopic (exact) mass is 195 g/mol. The summed E-state index contributed by atoms with van der Waals surface area (Å²) < 4.78 is 5.20. The Morgan fingerprint density at radius 3 is 2.71 bits per heavy atom. The van der Waals surface area contributed by atoms with Crippen LogP contribution in [0.3, 0.4) is 0 Å². The summed E-state index contributed by atoms with van der Waals surface area (Å²) >= 11 is 0. The quantitative estimate of drug-likeness (QED) is 0.571. The van der Waals surface area contributed by atoms with Crippen LogP contribution < -0.4 is 0 Å². The number of amides is 1. The molecule has 76 valence electrons. The lowest BCUT2D eigenvalue weighted by atomic mass is 10.1. The zero-order valence-corrected chi connectivity index (χ0v) is 7.98. The predicted molar refractivity (Wildman–Crippen MR) is 47.8 cm³/mol. The van der Waals surface area contributed by atoms with Gasteiger partial charge < -0.3 is 4.74 Å². The van der Waals surface area contributed by atoms with Crippen LogP contribution in [0.5, 0.6) is 0 Å². The Morgan fingerprint density at radius 2 is 2.14 bits per heavy atom. The van der Waals surface area contributed by atoms with Crippen LogP contribution in [0.4, 0.5) is 0 Å². The number of nitrogens with zero attached hydrogens (tertiary/aromatic N) is 3. The van der Waals surface area contributed by atoms with Crippen molar-refractivity contribution in [2.45, 2.75) is 6.42 Å². The topological polar surface area (TPSA) is 56.6 Å². The van der Waals surface area contributed by atoms with E-state index in [-0.39, 0.29) is 11.8 Å². The van der Waals surface area contributed by atoms with Gasteiger partial charge in [-0.2, -0.15) is 5.26 Å². The maximum atomic E-state index is 11.5. The lowest BCUT2D eigenvalue weighted by Crippen LogP contribution is -2.49. The molecule has 1 amide bonds. The molecule has 2 saturated heterocycles. The molecule has 2 heterocycles. The molecule has 0 saturated carbocycles. The summed E-state index contributed by atoms with van der Waals surface area (Å²) in [5.41, 5.74) is 0. The Bertz CT molecular complexity index is 268. The van der Waals surface area contributed by atoms with Gasteiger partial charge in [0, 0.05) is 19.5 Å². The Morgan fingerprint density at radius 1 is 1.43 bits per heavy atom. The standard InChI is InChI=1S/C9H13N3O2/c10-6-8-5-9(13)12(7-8)11-1-3-14-4-2-11/h8H,1-5,7H2. The highest BCUT2D eigenvalue weighted by Gasteiger charge is 2.33. The number of ether oxygens (including phenoxy) is 1. The molecule has 0 aromatic heterocycles. The summed E-state index contributed by atoms with van der Waals surface area (Å²) in [7, 11) is 0. The van der Waals surface area contributed by atoms with Crippen LogP contribution in [0.15, 0.2) is 0 Å². The van der Waals surface area contributed by atoms with E-state index in [1.54, 1.807) is 5.01 Å². The molecule has 0 bridgehead atoms. The van der Waals surface area contributed by atoms with Gasteiger partial charge in [-0.15, -0.1) is 0 Å². The molecule has 0 aliphatic carbocycles. The predicted octanol–water partition coefficient (Wildman–Crippen LogP) is -0.394. The molecule has 2 rings (SSSR count). The summed E-state index contributed by atoms with van der Waals surface area (Å²) in [6.07, 6.45) is 0.369. The number of nitriles is 1. The van der Waals surface area contributed by atoms with Crippen molar-refractivity contribution >= 4 is 5.91 Å². The number of hydrazine groups is 1.